The summed E-state index contributed by atoms with van der Waals surface area (Å²) < 4.78 is 38.1. The van der Waals surface area contributed by atoms with Crippen molar-refractivity contribution in [3.05, 3.63) is 47.9 Å². The van der Waals surface area contributed by atoms with Crippen LogP contribution in [-0.2, 0) is 14.8 Å². The molecule has 2 aliphatic rings. The fourth-order valence-electron chi connectivity index (χ4n) is 3.78. The zero-order chi connectivity index (χ0) is 21.8. The summed E-state index contributed by atoms with van der Waals surface area (Å²) in [5.41, 5.74) is 0.458. The number of nitrogens with zero attached hydrogens (tertiary/aromatic N) is 4. The third-order valence-electron chi connectivity index (χ3n) is 5.41. The Bertz CT molecular complexity index is 1020. The average Bonchev–Trinajstić information content (AvgIpc) is 2.79. The fourth-order valence-corrected chi connectivity index (χ4v) is 5.19. The number of aryl methyl sites for hydroxylation is 1. The first-order valence-electron chi connectivity index (χ1n) is 10.4. The average molecular weight is 447 g/mol. The number of piperidine rings is 1. The van der Waals surface area contributed by atoms with Crippen LogP contribution in [0.2, 0.25) is 0 Å². The normalized spacial score (nSPS) is 20.4. The first-order valence-corrected chi connectivity index (χ1v) is 11.8. The molecular weight excluding hydrogens is 420 g/mol. The van der Waals surface area contributed by atoms with E-state index < -0.39 is 10.0 Å². The van der Waals surface area contributed by atoms with Crippen molar-refractivity contribution in [2.24, 2.45) is 0 Å². The molecular formula is C21H26N4O5S. The van der Waals surface area contributed by atoms with Gasteiger partial charge in [-0.15, -0.1) is 0 Å². The first-order chi connectivity index (χ1) is 14.9. The number of sulfonamides is 1. The predicted octanol–water partition coefficient (Wildman–Crippen LogP) is 1.49. The second-order valence-corrected chi connectivity index (χ2v) is 9.55. The topological polar surface area (TPSA) is 102 Å². The smallest absolute Gasteiger partial charge is 0.253 e. The largest absolute Gasteiger partial charge is 0.472 e. The molecule has 1 unspecified atom stereocenters. The van der Waals surface area contributed by atoms with Crippen molar-refractivity contribution in [1.82, 2.24) is 19.2 Å². The molecule has 10 heteroatoms. The summed E-state index contributed by atoms with van der Waals surface area (Å²) in [6.45, 7) is 4.34. The van der Waals surface area contributed by atoms with Crippen molar-refractivity contribution in [3.63, 3.8) is 0 Å². The molecule has 3 heterocycles. The van der Waals surface area contributed by atoms with Crippen molar-refractivity contribution < 1.29 is 22.7 Å². The van der Waals surface area contributed by atoms with E-state index in [9.17, 15) is 13.2 Å². The van der Waals surface area contributed by atoms with Crippen molar-refractivity contribution in [2.45, 2.75) is 30.8 Å². The van der Waals surface area contributed by atoms with Gasteiger partial charge < -0.3 is 14.4 Å². The molecule has 0 aliphatic carbocycles. The minimum absolute atomic E-state index is 0.137. The summed E-state index contributed by atoms with van der Waals surface area (Å²) in [4.78, 5) is 23.2. The van der Waals surface area contributed by atoms with Crippen LogP contribution in [0.5, 0.6) is 5.88 Å². The van der Waals surface area contributed by atoms with Gasteiger partial charge in [0.2, 0.25) is 15.9 Å². The van der Waals surface area contributed by atoms with Crippen LogP contribution in [-0.4, -0.2) is 79.0 Å². The SMILES string of the molecule is Cc1nccc(OC2CCCN(C(=O)c3ccc(S(=O)(=O)N4CCOCC4)cc3)C2)n1. The molecule has 0 spiro atoms. The van der Waals surface area contributed by atoms with Crippen LogP contribution in [0.15, 0.2) is 41.4 Å². The van der Waals surface area contributed by atoms with Gasteiger partial charge in [0.1, 0.15) is 11.9 Å². The molecule has 4 rings (SSSR count). The lowest BCUT2D eigenvalue weighted by Crippen LogP contribution is -2.44. The fraction of sp³-hybridized carbons (Fsp3) is 0.476. The number of morpholine rings is 1. The van der Waals surface area contributed by atoms with Crippen molar-refractivity contribution in [3.8, 4) is 5.88 Å². The van der Waals surface area contributed by atoms with Gasteiger partial charge in [-0.3, -0.25) is 4.79 Å². The van der Waals surface area contributed by atoms with Gasteiger partial charge in [-0.25, -0.2) is 13.4 Å². The molecule has 0 N–H and O–H groups in total. The standard InChI is InChI=1S/C21H26N4O5S/c1-16-22-9-8-20(23-16)30-18-3-2-10-24(15-18)21(26)17-4-6-19(7-5-17)31(27,28)25-11-13-29-14-12-25/h4-9,18H,2-3,10-15H2,1H3. The molecule has 1 aromatic carbocycles. The van der Waals surface area contributed by atoms with E-state index in [1.165, 1.54) is 16.4 Å². The summed E-state index contributed by atoms with van der Waals surface area (Å²) in [7, 11) is -3.58. The van der Waals surface area contributed by atoms with Crippen LogP contribution in [0.3, 0.4) is 0 Å². The van der Waals surface area contributed by atoms with Crippen LogP contribution in [0, 0.1) is 6.92 Å². The van der Waals surface area contributed by atoms with E-state index >= 15 is 0 Å². The number of carbonyl (C=O) groups is 1. The highest BCUT2D eigenvalue weighted by molar-refractivity contribution is 7.89. The summed E-state index contributed by atoms with van der Waals surface area (Å²) >= 11 is 0. The number of hydrogen-bond acceptors (Lipinski definition) is 7. The second kappa shape index (κ2) is 9.29. The van der Waals surface area contributed by atoms with E-state index in [1.807, 2.05) is 0 Å². The van der Waals surface area contributed by atoms with Crippen LogP contribution in [0.1, 0.15) is 29.0 Å². The van der Waals surface area contributed by atoms with Gasteiger partial charge in [0, 0.05) is 37.5 Å². The Kier molecular flexibility index (Phi) is 6.49. The van der Waals surface area contributed by atoms with Gasteiger partial charge >= 0.3 is 0 Å². The van der Waals surface area contributed by atoms with Crippen LogP contribution in [0.25, 0.3) is 0 Å². The Hall–Kier alpha value is -2.56. The van der Waals surface area contributed by atoms with Crippen molar-refractivity contribution >= 4 is 15.9 Å². The number of amides is 1. The van der Waals surface area contributed by atoms with E-state index in [-0.39, 0.29) is 16.9 Å². The molecule has 2 fully saturated rings. The van der Waals surface area contributed by atoms with E-state index in [2.05, 4.69) is 9.97 Å². The predicted molar refractivity (Wildman–Crippen MR) is 112 cm³/mol. The molecule has 0 radical (unpaired) electrons. The number of carbonyl (C=O) groups excluding carboxylic acids is 1. The van der Waals surface area contributed by atoms with Gasteiger partial charge in [0.15, 0.2) is 0 Å². The Balaban J connectivity index is 1.41. The van der Waals surface area contributed by atoms with Gasteiger partial charge in [0.05, 0.1) is 24.7 Å². The van der Waals surface area contributed by atoms with E-state index in [0.29, 0.717) is 56.7 Å². The molecule has 2 saturated heterocycles. The Labute approximate surface area is 182 Å². The van der Waals surface area contributed by atoms with Crippen LogP contribution < -0.4 is 4.74 Å². The highest BCUT2D eigenvalue weighted by atomic mass is 32.2. The highest BCUT2D eigenvalue weighted by Gasteiger charge is 2.28. The summed E-state index contributed by atoms with van der Waals surface area (Å²) in [6.07, 6.45) is 3.16. The van der Waals surface area contributed by atoms with Crippen molar-refractivity contribution in [1.29, 1.82) is 0 Å². The lowest BCUT2D eigenvalue weighted by molar-refractivity contribution is 0.0527. The third kappa shape index (κ3) is 5.03. The minimum Gasteiger partial charge on any atom is -0.472 e. The van der Waals surface area contributed by atoms with Crippen LogP contribution in [0.4, 0.5) is 0 Å². The van der Waals surface area contributed by atoms with Crippen LogP contribution >= 0.6 is 0 Å². The number of ether oxygens (including phenoxy) is 2. The maximum absolute atomic E-state index is 13.0. The van der Waals surface area contributed by atoms with Gasteiger partial charge in [-0.05, 0) is 44.0 Å². The van der Waals surface area contributed by atoms with Gasteiger partial charge in [-0.2, -0.15) is 9.29 Å². The summed E-state index contributed by atoms with van der Waals surface area (Å²) in [5, 5.41) is 0. The maximum atomic E-state index is 13.0. The molecule has 9 nitrogen and oxygen atoms in total. The van der Waals surface area contributed by atoms with Gasteiger partial charge in [-0.1, -0.05) is 0 Å². The first kappa shape index (κ1) is 21.7. The molecule has 1 atom stereocenters. The van der Waals surface area contributed by atoms with Gasteiger partial charge in [0.25, 0.3) is 5.91 Å². The molecule has 2 aromatic rings. The zero-order valence-electron chi connectivity index (χ0n) is 17.4. The molecule has 166 valence electrons. The molecule has 2 aliphatic heterocycles. The minimum atomic E-state index is -3.58. The quantitative estimate of drug-likeness (QED) is 0.686. The Morgan fingerprint density at radius 3 is 2.58 bits per heavy atom. The third-order valence-corrected chi connectivity index (χ3v) is 7.33. The number of benzene rings is 1. The van der Waals surface area contributed by atoms with E-state index in [1.54, 1.807) is 36.2 Å². The highest BCUT2D eigenvalue weighted by Crippen LogP contribution is 2.21. The Morgan fingerprint density at radius 1 is 1.13 bits per heavy atom. The van der Waals surface area contributed by atoms with E-state index in [4.69, 9.17) is 9.47 Å². The molecule has 1 amide bonds. The molecule has 0 saturated carbocycles. The monoisotopic (exact) mass is 446 g/mol. The number of aromatic nitrogens is 2. The molecule has 0 bridgehead atoms. The zero-order valence-corrected chi connectivity index (χ0v) is 18.3. The lowest BCUT2D eigenvalue weighted by atomic mass is 10.1. The van der Waals surface area contributed by atoms with E-state index in [0.717, 1.165) is 12.8 Å². The number of likely N-dealkylation sites (tertiary alicyclic amines) is 1. The van der Waals surface area contributed by atoms with Crippen molar-refractivity contribution in [2.75, 3.05) is 39.4 Å². The lowest BCUT2D eigenvalue weighted by Gasteiger charge is -2.32. The number of hydrogen-bond donors (Lipinski definition) is 0. The maximum Gasteiger partial charge on any atom is 0.253 e. The summed E-state index contributed by atoms with van der Waals surface area (Å²) in [5.74, 6) is 1.00. The Morgan fingerprint density at radius 2 is 1.87 bits per heavy atom. The second-order valence-electron chi connectivity index (χ2n) is 7.62. The number of rotatable bonds is 5. The molecule has 1 aromatic heterocycles. The molecule has 31 heavy (non-hydrogen) atoms. The summed E-state index contributed by atoms with van der Waals surface area (Å²) in [6, 6.07) is 7.86.